The summed E-state index contributed by atoms with van der Waals surface area (Å²) in [7, 11) is 0. The molecule has 100 valence electrons. The molecule has 1 aliphatic carbocycles. The van der Waals surface area contributed by atoms with Crippen LogP contribution < -0.4 is 5.32 Å². The molecular formula is C15H21Cl2N. The van der Waals surface area contributed by atoms with E-state index in [2.05, 4.69) is 26.1 Å². The van der Waals surface area contributed by atoms with Gasteiger partial charge in [-0.05, 0) is 55.4 Å². The first-order valence-electron chi connectivity index (χ1n) is 6.70. The Labute approximate surface area is 120 Å². The van der Waals surface area contributed by atoms with Gasteiger partial charge in [0.1, 0.15) is 0 Å². The molecule has 1 N–H and O–H groups in total. The SMILES string of the molecule is CC(NC1CCC(C)C1C)c1cc(Cl)ccc1Cl. The van der Waals surface area contributed by atoms with Gasteiger partial charge in [0.25, 0.3) is 0 Å². The van der Waals surface area contributed by atoms with E-state index in [1.165, 1.54) is 12.8 Å². The van der Waals surface area contributed by atoms with Gasteiger partial charge < -0.3 is 5.32 Å². The van der Waals surface area contributed by atoms with Gasteiger partial charge in [-0.1, -0.05) is 37.0 Å². The largest absolute Gasteiger partial charge is 0.307 e. The molecule has 0 heterocycles. The molecule has 4 unspecified atom stereocenters. The van der Waals surface area contributed by atoms with Gasteiger partial charge in [-0.25, -0.2) is 0 Å². The first-order valence-corrected chi connectivity index (χ1v) is 7.45. The quantitative estimate of drug-likeness (QED) is 0.817. The van der Waals surface area contributed by atoms with E-state index >= 15 is 0 Å². The number of hydrogen-bond acceptors (Lipinski definition) is 1. The lowest BCUT2D eigenvalue weighted by molar-refractivity contribution is 0.347. The Bertz CT molecular complexity index is 419. The van der Waals surface area contributed by atoms with Crippen molar-refractivity contribution >= 4 is 23.2 Å². The summed E-state index contributed by atoms with van der Waals surface area (Å²) in [5, 5.41) is 5.24. The van der Waals surface area contributed by atoms with Gasteiger partial charge in [0.15, 0.2) is 0 Å². The maximum Gasteiger partial charge on any atom is 0.0454 e. The van der Waals surface area contributed by atoms with Crippen molar-refractivity contribution in [3.8, 4) is 0 Å². The third kappa shape index (κ3) is 3.01. The fourth-order valence-corrected chi connectivity index (χ4v) is 3.32. The zero-order chi connectivity index (χ0) is 13.3. The van der Waals surface area contributed by atoms with Crippen LogP contribution >= 0.6 is 23.2 Å². The summed E-state index contributed by atoms with van der Waals surface area (Å²) in [5.41, 5.74) is 1.09. The highest BCUT2D eigenvalue weighted by Crippen LogP contribution is 2.34. The van der Waals surface area contributed by atoms with Crippen LogP contribution in [0.2, 0.25) is 10.0 Å². The fraction of sp³-hybridized carbons (Fsp3) is 0.600. The molecule has 1 fully saturated rings. The minimum atomic E-state index is 0.244. The number of hydrogen-bond donors (Lipinski definition) is 1. The van der Waals surface area contributed by atoms with Gasteiger partial charge >= 0.3 is 0 Å². The highest BCUT2D eigenvalue weighted by molar-refractivity contribution is 6.33. The minimum absolute atomic E-state index is 0.244. The standard InChI is InChI=1S/C15H21Cl2N/c1-9-4-7-15(10(9)2)18-11(3)13-8-12(16)5-6-14(13)17/h5-6,8-11,15,18H,4,7H2,1-3H3. The van der Waals surface area contributed by atoms with Crippen LogP contribution in [0.15, 0.2) is 18.2 Å². The molecule has 1 aromatic carbocycles. The Morgan fingerprint density at radius 3 is 2.56 bits per heavy atom. The Hall–Kier alpha value is -0.240. The van der Waals surface area contributed by atoms with E-state index in [0.717, 1.165) is 27.4 Å². The molecular weight excluding hydrogens is 265 g/mol. The molecule has 1 nitrogen and oxygen atoms in total. The van der Waals surface area contributed by atoms with Crippen molar-refractivity contribution in [3.63, 3.8) is 0 Å². The molecule has 1 saturated carbocycles. The summed E-state index contributed by atoms with van der Waals surface area (Å²) in [6.45, 7) is 6.83. The molecule has 0 aromatic heterocycles. The van der Waals surface area contributed by atoms with E-state index in [1.54, 1.807) is 0 Å². The van der Waals surface area contributed by atoms with Crippen LogP contribution in [0.4, 0.5) is 0 Å². The zero-order valence-electron chi connectivity index (χ0n) is 11.2. The van der Waals surface area contributed by atoms with Crippen LogP contribution in [-0.2, 0) is 0 Å². The van der Waals surface area contributed by atoms with Crippen LogP contribution in [0.3, 0.4) is 0 Å². The highest BCUT2D eigenvalue weighted by Gasteiger charge is 2.30. The molecule has 0 saturated heterocycles. The molecule has 1 aromatic rings. The zero-order valence-corrected chi connectivity index (χ0v) is 12.7. The van der Waals surface area contributed by atoms with E-state index < -0.39 is 0 Å². The Morgan fingerprint density at radius 2 is 1.94 bits per heavy atom. The minimum Gasteiger partial charge on any atom is -0.307 e. The van der Waals surface area contributed by atoms with E-state index in [1.807, 2.05) is 18.2 Å². The molecule has 1 aliphatic rings. The Kier molecular flexibility index (Phi) is 4.58. The third-order valence-corrected chi connectivity index (χ3v) is 4.93. The molecule has 3 heteroatoms. The van der Waals surface area contributed by atoms with Gasteiger partial charge in [0.05, 0.1) is 0 Å². The average molecular weight is 286 g/mol. The second-order valence-electron chi connectivity index (χ2n) is 5.57. The second kappa shape index (κ2) is 5.81. The van der Waals surface area contributed by atoms with Crippen LogP contribution in [0, 0.1) is 11.8 Å². The summed E-state index contributed by atoms with van der Waals surface area (Å²) in [4.78, 5) is 0. The topological polar surface area (TPSA) is 12.0 Å². The lowest BCUT2D eigenvalue weighted by atomic mass is 9.96. The maximum absolute atomic E-state index is 6.24. The summed E-state index contributed by atoms with van der Waals surface area (Å²) < 4.78 is 0. The number of benzene rings is 1. The molecule has 18 heavy (non-hydrogen) atoms. The molecule has 0 amide bonds. The second-order valence-corrected chi connectivity index (χ2v) is 6.42. The molecule has 0 spiro atoms. The van der Waals surface area contributed by atoms with Crippen molar-refractivity contribution in [2.24, 2.45) is 11.8 Å². The van der Waals surface area contributed by atoms with Crippen LogP contribution in [0.5, 0.6) is 0 Å². The van der Waals surface area contributed by atoms with Crippen molar-refractivity contribution in [3.05, 3.63) is 33.8 Å². The lowest BCUT2D eigenvalue weighted by Gasteiger charge is -2.25. The van der Waals surface area contributed by atoms with E-state index in [-0.39, 0.29) is 6.04 Å². The Balaban J connectivity index is 2.08. The summed E-state index contributed by atoms with van der Waals surface area (Å²) in [5.74, 6) is 1.54. The highest BCUT2D eigenvalue weighted by atomic mass is 35.5. The van der Waals surface area contributed by atoms with Gasteiger partial charge in [0.2, 0.25) is 0 Å². The van der Waals surface area contributed by atoms with Crippen LogP contribution in [0.25, 0.3) is 0 Å². The molecule has 2 rings (SSSR count). The number of nitrogens with one attached hydrogen (secondary N) is 1. The monoisotopic (exact) mass is 285 g/mol. The van der Waals surface area contributed by atoms with E-state index in [4.69, 9.17) is 23.2 Å². The van der Waals surface area contributed by atoms with Crippen molar-refractivity contribution in [2.45, 2.75) is 45.7 Å². The number of rotatable bonds is 3. The first-order chi connectivity index (χ1) is 8.49. The number of halogens is 2. The molecule has 0 aliphatic heterocycles. The van der Waals surface area contributed by atoms with E-state index in [9.17, 15) is 0 Å². The first kappa shape index (κ1) is 14.2. The predicted octanol–water partition coefficient (Wildman–Crippen LogP) is 5.08. The smallest absolute Gasteiger partial charge is 0.0454 e. The predicted molar refractivity (Wildman–Crippen MR) is 79.4 cm³/mol. The fourth-order valence-electron chi connectivity index (χ4n) is 2.86. The van der Waals surface area contributed by atoms with E-state index in [0.29, 0.717) is 6.04 Å². The maximum atomic E-state index is 6.24. The van der Waals surface area contributed by atoms with Gasteiger partial charge in [-0.3, -0.25) is 0 Å². The van der Waals surface area contributed by atoms with Crippen molar-refractivity contribution < 1.29 is 0 Å². The lowest BCUT2D eigenvalue weighted by Crippen LogP contribution is -2.34. The van der Waals surface area contributed by atoms with Gasteiger partial charge in [0, 0.05) is 22.1 Å². The Morgan fingerprint density at radius 1 is 1.22 bits per heavy atom. The molecule has 4 atom stereocenters. The van der Waals surface area contributed by atoms with Gasteiger partial charge in [-0.15, -0.1) is 0 Å². The normalized spacial score (nSPS) is 29.5. The summed E-state index contributed by atoms with van der Waals surface area (Å²) >= 11 is 12.3. The average Bonchev–Trinajstić information content (AvgIpc) is 2.64. The van der Waals surface area contributed by atoms with Crippen molar-refractivity contribution in [2.75, 3.05) is 0 Å². The molecule has 0 bridgehead atoms. The summed E-state index contributed by atoms with van der Waals surface area (Å²) in [6.07, 6.45) is 2.57. The van der Waals surface area contributed by atoms with Crippen LogP contribution in [0.1, 0.15) is 45.2 Å². The summed E-state index contributed by atoms with van der Waals surface area (Å²) in [6, 6.07) is 6.50. The third-order valence-electron chi connectivity index (χ3n) is 4.35. The van der Waals surface area contributed by atoms with Gasteiger partial charge in [-0.2, -0.15) is 0 Å². The van der Waals surface area contributed by atoms with Crippen molar-refractivity contribution in [1.82, 2.24) is 5.32 Å². The van der Waals surface area contributed by atoms with Crippen LogP contribution in [-0.4, -0.2) is 6.04 Å². The van der Waals surface area contributed by atoms with Crippen molar-refractivity contribution in [1.29, 1.82) is 0 Å². The molecule has 0 radical (unpaired) electrons.